The number of aryl methyl sites for hydroxylation is 1. The van der Waals surface area contributed by atoms with Gasteiger partial charge in [-0.3, -0.25) is 4.79 Å². The number of rotatable bonds is 6. The minimum Gasteiger partial charge on any atom is -0.384 e. The van der Waals surface area contributed by atoms with Crippen LogP contribution in [0.3, 0.4) is 0 Å². The molecule has 0 aliphatic heterocycles. The lowest BCUT2D eigenvalue weighted by molar-refractivity contribution is -0.131. The van der Waals surface area contributed by atoms with Crippen LogP contribution < -0.4 is 11.1 Å². The van der Waals surface area contributed by atoms with Gasteiger partial charge < -0.3 is 16.0 Å². The summed E-state index contributed by atoms with van der Waals surface area (Å²) in [6, 6.07) is 1.31. The Morgan fingerprint density at radius 3 is 2.53 bits per heavy atom. The van der Waals surface area contributed by atoms with E-state index in [1.54, 1.807) is 11.0 Å². The van der Waals surface area contributed by atoms with Gasteiger partial charge in [0, 0.05) is 25.6 Å². The second kappa shape index (κ2) is 6.92. The Hall–Kier alpha value is -1.85. The minimum atomic E-state index is -0.334. The van der Waals surface area contributed by atoms with E-state index in [9.17, 15) is 4.79 Å². The van der Waals surface area contributed by atoms with Gasteiger partial charge >= 0.3 is 0 Å². The minimum absolute atomic E-state index is 0.0558. The Bertz CT molecular complexity index is 431. The molecule has 1 atom stereocenters. The lowest BCUT2D eigenvalue weighted by Crippen LogP contribution is -2.41. The van der Waals surface area contributed by atoms with E-state index in [1.807, 2.05) is 27.7 Å². The zero-order valence-electron chi connectivity index (χ0n) is 12.1. The first-order valence-electron chi connectivity index (χ1n) is 6.70. The molecule has 3 N–H and O–H groups in total. The molecule has 1 heterocycles. The number of carbonyl (C=O) groups excluding carboxylic acids is 1. The monoisotopic (exact) mass is 265 g/mol. The number of aromatic nitrogens is 2. The molecule has 0 aliphatic rings. The largest absolute Gasteiger partial charge is 0.384 e. The quantitative estimate of drug-likeness (QED) is 0.809. The van der Waals surface area contributed by atoms with Crippen LogP contribution in [0.1, 0.15) is 33.5 Å². The number of likely N-dealkylation sites (N-methyl/N-ethyl adjacent to an activating group) is 1. The summed E-state index contributed by atoms with van der Waals surface area (Å²) in [6.07, 6.45) is 0.706. The topological polar surface area (TPSA) is 84.1 Å². The van der Waals surface area contributed by atoms with Crippen molar-refractivity contribution in [2.75, 3.05) is 24.1 Å². The average Bonchev–Trinajstić information content (AvgIpc) is 2.39. The van der Waals surface area contributed by atoms with E-state index < -0.39 is 0 Å². The predicted molar refractivity (Wildman–Crippen MR) is 76.8 cm³/mol. The first-order valence-corrected chi connectivity index (χ1v) is 6.70. The Labute approximate surface area is 114 Å². The normalized spacial score (nSPS) is 12.0. The van der Waals surface area contributed by atoms with Crippen LogP contribution in [0.15, 0.2) is 6.07 Å². The summed E-state index contributed by atoms with van der Waals surface area (Å²) in [7, 11) is 0. The van der Waals surface area contributed by atoms with Crippen molar-refractivity contribution in [1.82, 2.24) is 14.9 Å². The molecule has 1 aromatic heterocycles. The number of nitrogens with one attached hydrogen (secondary N) is 1. The molecular formula is C13H23N5O. The van der Waals surface area contributed by atoms with E-state index >= 15 is 0 Å². The van der Waals surface area contributed by atoms with Gasteiger partial charge in [0.05, 0.1) is 0 Å². The van der Waals surface area contributed by atoms with Gasteiger partial charge in [0.15, 0.2) is 0 Å². The van der Waals surface area contributed by atoms with Crippen LogP contribution in [0.2, 0.25) is 0 Å². The summed E-state index contributed by atoms with van der Waals surface area (Å²) in [5.41, 5.74) is 5.71. The van der Waals surface area contributed by atoms with Crippen molar-refractivity contribution in [3.63, 3.8) is 0 Å². The van der Waals surface area contributed by atoms with Crippen molar-refractivity contribution in [2.24, 2.45) is 0 Å². The van der Waals surface area contributed by atoms with E-state index in [1.165, 1.54) is 0 Å². The molecule has 0 fully saturated rings. The number of nitrogens with zero attached hydrogens (tertiary/aromatic N) is 3. The highest BCUT2D eigenvalue weighted by Gasteiger charge is 2.18. The highest BCUT2D eigenvalue weighted by Crippen LogP contribution is 2.11. The van der Waals surface area contributed by atoms with Crippen LogP contribution in [0.4, 0.5) is 11.6 Å². The maximum Gasteiger partial charge on any atom is 0.244 e. The fourth-order valence-electron chi connectivity index (χ4n) is 1.84. The lowest BCUT2D eigenvalue weighted by atomic mass is 10.2. The van der Waals surface area contributed by atoms with Crippen LogP contribution in [-0.4, -0.2) is 39.9 Å². The third-order valence-electron chi connectivity index (χ3n) is 2.92. The summed E-state index contributed by atoms with van der Waals surface area (Å²) in [5, 5.41) is 3.08. The van der Waals surface area contributed by atoms with E-state index in [-0.39, 0.29) is 11.9 Å². The molecule has 0 aliphatic carbocycles. The molecule has 0 radical (unpaired) electrons. The van der Waals surface area contributed by atoms with Gasteiger partial charge in [-0.25, -0.2) is 9.97 Å². The fraction of sp³-hybridized carbons (Fsp3) is 0.615. The smallest absolute Gasteiger partial charge is 0.244 e. The van der Waals surface area contributed by atoms with Crippen molar-refractivity contribution in [3.8, 4) is 0 Å². The molecule has 0 aromatic carbocycles. The molecule has 1 unspecified atom stereocenters. The Morgan fingerprint density at radius 2 is 2.00 bits per heavy atom. The van der Waals surface area contributed by atoms with Gasteiger partial charge in [0.25, 0.3) is 0 Å². The van der Waals surface area contributed by atoms with Crippen LogP contribution in [0.5, 0.6) is 0 Å². The number of nitrogens with two attached hydrogens (primary N) is 1. The molecule has 0 saturated carbocycles. The molecular weight excluding hydrogens is 242 g/mol. The Balaban J connectivity index is 2.78. The number of nitrogen functional groups attached to an aromatic ring is 1. The van der Waals surface area contributed by atoms with E-state index in [0.29, 0.717) is 37.0 Å². The maximum atomic E-state index is 12.1. The first-order chi connectivity index (χ1) is 9.01. The molecule has 1 aromatic rings. The van der Waals surface area contributed by atoms with Gasteiger partial charge in [0.2, 0.25) is 5.91 Å². The van der Waals surface area contributed by atoms with E-state index in [0.717, 1.165) is 0 Å². The van der Waals surface area contributed by atoms with E-state index in [2.05, 4.69) is 15.3 Å². The average molecular weight is 265 g/mol. The Kier molecular flexibility index (Phi) is 5.54. The highest BCUT2D eigenvalue weighted by molar-refractivity contribution is 5.84. The highest BCUT2D eigenvalue weighted by atomic mass is 16.2. The molecule has 6 nitrogen and oxygen atoms in total. The number of carbonyl (C=O) groups is 1. The van der Waals surface area contributed by atoms with Crippen molar-refractivity contribution in [1.29, 1.82) is 0 Å². The Morgan fingerprint density at radius 1 is 1.37 bits per heavy atom. The fourth-order valence-corrected chi connectivity index (χ4v) is 1.84. The second-order valence-electron chi connectivity index (χ2n) is 4.32. The third kappa shape index (κ3) is 4.08. The summed E-state index contributed by atoms with van der Waals surface area (Å²) >= 11 is 0. The van der Waals surface area contributed by atoms with Crippen LogP contribution >= 0.6 is 0 Å². The molecule has 1 rings (SSSR count). The van der Waals surface area contributed by atoms with Gasteiger partial charge in [-0.05, 0) is 20.8 Å². The number of amides is 1. The van der Waals surface area contributed by atoms with Crippen molar-refractivity contribution in [2.45, 2.75) is 40.2 Å². The van der Waals surface area contributed by atoms with Crippen LogP contribution in [-0.2, 0) is 11.2 Å². The van der Waals surface area contributed by atoms with E-state index in [4.69, 9.17) is 5.73 Å². The van der Waals surface area contributed by atoms with Gasteiger partial charge in [-0.15, -0.1) is 0 Å². The molecule has 19 heavy (non-hydrogen) atoms. The number of hydrogen-bond acceptors (Lipinski definition) is 5. The summed E-state index contributed by atoms with van der Waals surface area (Å²) in [6.45, 7) is 9.12. The third-order valence-corrected chi connectivity index (χ3v) is 2.92. The zero-order chi connectivity index (χ0) is 14.4. The van der Waals surface area contributed by atoms with Gasteiger partial charge in [-0.2, -0.15) is 0 Å². The molecule has 106 valence electrons. The standard InChI is InChI=1S/C13H23N5O/c1-5-11-16-10(14)8-12(17-11)15-9(4)13(19)18(6-2)7-3/h8-9H,5-7H2,1-4H3,(H3,14,15,16,17). The second-order valence-corrected chi connectivity index (χ2v) is 4.32. The zero-order valence-corrected chi connectivity index (χ0v) is 12.1. The van der Waals surface area contributed by atoms with Gasteiger partial charge in [0.1, 0.15) is 23.5 Å². The summed E-state index contributed by atoms with van der Waals surface area (Å²) in [5.74, 6) is 1.74. The van der Waals surface area contributed by atoms with Gasteiger partial charge in [-0.1, -0.05) is 6.92 Å². The summed E-state index contributed by atoms with van der Waals surface area (Å²) < 4.78 is 0. The maximum absolute atomic E-state index is 12.1. The number of hydrogen-bond donors (Lipinski definition) is 2. The van der Waals surface area contributed by atoms with Crippen molar-refractivity contribution >= 4 is 17.5 Å². The van der Waals surface area contributed by atoms with Crippen molar-refractivity contribution in [3.05, 3.63) is 11.9 Å². The molecule has 6 heteroatoms. The van der Waals surface area contributed by atoms with Crippen molar-refractivity contribution < 1.29 is 4.79 Å². The lowest BCUT2D eigenvalue weighted by Gasteiger charge is -2.23. The SMILES string of the molecule is CCc1nc(N)cc(NC(C)C(=O)N(CC)CC)n1. The molecule has 0 saturated heterocycles. The first kappa shape index (κ1) is 15.2. The number of anilines is 2. The molecule has 1 amide bonds. The van der Waals surface area contributed by atoms with Crippen LogP contribution in [0, 0.1) is 0 Å². The molecule has 0 bridgehead atoms. The summed E-state index contributed by atoms with van der Waals surface area (Å²) in [4.78, 5) is 22.3. The predicted octanol–water partition coefficient (Wildman–Crippen LogP) is 1.29. The molecule has 0 spiro atoms. The van der Waals surface area contributed by atoms with Crippen LogP contribution in [0.25, 0.3) is 0 Å².